The van der Waals surface area contributed by atoms with E-state index in [1.165, 1.54) is 0 Å². The number of carboxylic acid groups (broad SMARTS) is 1. The van der Waals surface area contributed by atoms with Gasteiger partial charge in [-0.15, -0.1) is 0 Å². The molecule has 14 heavy (non-hydrogen) atoms. The lowest BCUT2D eigenvalue weighted by molar-refractivity contribution is -0.143. The van der Waals surface area contributed by atoms with Crippen LogP contribution >= 0.6 is 0 Å². The maximum absolute atomic E-state index is 11.3. The zero-order chi connectivity index (χ0) is 10.2. The molecular weight excluding hydrogens is 178 g/mol. The lowest BCUT2D eigenvalue weighted by Crippen LogP contribution is -2.37. The average Bonchev–Trinajstić information content (AvgIpc) is 2.57. The number of rotatable bonds is 2. The molecule has 0 radical (unpaired) electrons. The van der Waals surface area contributed by atoms with Crippen LogP contribution in [0.25, 0.3) is 0 Å². The van der Waals surface area contributed by atoms with Crippen LogP contribution in [0.3, 0.4) is 0 Å². The van der Waals surface area contributed by atoms with Gasteiger partial charge < -0.3 is 10.4 Å². The molecular formula is C11H13NO2. The zero-order valence-electron chi connectivity index (χ0n) is 8.08. The molecule has 0 bridgehead atoms. The second-order valence-electron chi connectivity index (χ2n) is 3.64. The third-order valence-electron chi connectivity index (χ3n) is 3.04. The molecule has 1 aliphatic rings. The molecule has 2 N–H and O–H groups in total. The maximum Gasteiger partial charge on any atom is 0.316 e. The van der Waals surface area contributed by atoms with Gasteiger partial charge in [-0.2, -0.15) is 0 Å². The Morgan fingerprint density at radius 2 is 2.29 bits per heavy atom. The van der Waals surface area contributed by atoms with E-state index in [4.69, 9.17) is 0 Å². The van der Waals surface area contributed by atoms with Gasteiger partial charge in [0.25, 0.3) is 0 Å². The van der Waals surface area contributed by atoms with Gasteiger partial charge in [0.1, 0.15) is 5.41 Å². The summed E-state index contributed by atoms with van der Waals surface area (Å²) in [5.74, 6) is -0.738. The van der Waals surface area contributed by atoms with Crippen molar-refractivity contribution in [1.82, 2.24) is 0 Å². The molecule has 2 rings (SSSR count). The van der Waals surface area contributed by atoms with Crippen molar-refractivity contribution in [3.63, 3.8) is 0 Å². The van der Waals surface area contributed by atoms with Crippen molar-refractivity contribution < 1.29 is 9.90 Å². The summed E-state index contributed by atoms with van der Waals surface area (Å²) in [4.78, 5) is 11.3. The van der Waals surface area contributed by atoms with Crippen LogP contribution in [0.1, 0.15) is 18.9 Å². The summed E-state index contributed by atoms with van der Waals surface area (Å²) in [6, 6.07) is 7.63. The van der Waals surface area contributed by atoms with Gasteiger partial charge in [-0.05, 0) is 18.1 Å². The van der Waals surface area contributed by atoms with Crippen LogP contribution in [0.2, 0.25) is 0 Å². The normalized spacial score (nSPS) is 24.1. The molecule has 0 aromatic heterocycles. The average molecular weight is 191 g/mol. The Kier molecular flexibility index (Phi) is 1.95. The van der Waals surface area contributed by atoms with E-state index in [0.29, 0.717) is 13.0 Å². The fraction of sp³-hybridized carbons (Fsp3) is 0.364. The van der Waals surface area contributed by atoms with Crippen molar-refractivity contribution in [2.75, 3.05) is 11.9 Å². The Labute approximate surface area is 82.8 Å². The molecule has 1 heterocycles. The largest absolute Gasteiger partial charge is 0.481 e. The number of para-hydroxylation sites is 1. The van der Waals surface area contributed by atoms with Crippen LogP contribution in [0, 0.1) is 0 Å². The molecule has 3 nitrogen and oxygen atoms in total. The van der Waals surface area contributed by atoms with Gasteiger partial charge in [-0.1, -0.05) is 25.1 Å². The van der Waals surface area contributed by atoms with Gasteiger partial charge in [0.05, 0.1) is 0 Å². The van der Waals surface area contributed by atoms with Crippen LogP contribution in [0.4, 0.5) is 5.69 Å². The Balaban J connectivity index is 2.55. The lowest BCUT2D eigenvalue weighted by atomic mass is 9.80. The third-order valence-corrected chi connectivity index (χ3v) is 3.04. The fourth-order valence-electron chi connectivity index (χ4n) is 2.05. The summed E-state index contributed by atoms with van der Waals surface area (Å²) in [6.45, 7) is 2.41. The minimum absolute atomic E-state index is 0.498. The van der Waals surface area contributed by atoms with Crippen molar-refractivity contribution in [3.05, 3.63) is 29.8 Å². The monoisotopic (exact) mass is 191 g/mol. The first kappa shape index (κ1) is 9.06. The lowest BCUT2D eigenvalue weighted by Gasteiger charge is -2.21. The maximum atomic E-state index is 11.3. The molecule has 0 saturated heterocycles. The molecule has 1 aromatic rings. The van der Waals surface area contributed by atoms with E-state index in [2.05, 4.69) is 5.32 Å². The topological polar surface area (TPSA) is 49.3 Å². The smallest absolute Gasteiger partial charge is 0.316 e. The van der Waals surface area contributed by atoms with Crippen LogP contribution in [0.5, 0.6) is 0 Å². The van der Waals surface area contributed by atoms with Crippen molar-refractivity contribution in [2.24, 2.45) is 0 Å². The van der Waals surface area contributed by atoms with Gasteiger partial charge in [-0.3, -0.25) is 4.79 Å². The van der Waals surface area contributed by atoms with Crippen LogP contribution in [0.15, 0.2) is 24.3 Å². The molecule has 0 aliphatic carbocycles. The quantitative estimate of drug-likeness (QED) is 0.750. The molecule has 1 aromatic carbocycles. The van der Waals surface area contributed by atoms with E-state index in [-0.39, 0.29) is 0 Å². The summed E-state index contributed by atoms with van der Waals surface area (Å²) in [6.07, 6.45) is 0.617. The van der Waals surface area contributed by atoms with E-state index in [0.717, 1.165) is 11.3 Å². The van der Waals surface area contributed by atoms with E-state index in [9.17, 15) is 9.90 Å². The summed E-state index contributed by atoms with van der Waals surface area (Å²) in [7, 11) is 0. The van der Waals surface area contributed by atoms with Crippen molar-refractivity contribution in [1.29, 1.82) is 0 Å². The molecule has 1 unspecified atom stereocenters. The number of carbonyl (C=O) groups is 1. The summed E-state index contributed by atoms with van der Waals surface area (Å²) >= 11 is 0. The van der Waals surface area contributed by atoms with E-state index in [1.807, 2.05) is 31.2 Å². The standard InChI is InChI=1S/C11H13NO2/c1-2-11(10(13)14)7-12-9-6-4-3-5-8(9)11/h3-6,12H,2,7H2,1H3,(H,13,14). The molecule has 74 valence electrons. The SMILES string of the molecule is CCC1(C(=O)O)CNc2ccccc21. The molecule has 3 heteroatoms. The highest BCUT2D eigenvalue weighted by molar-refractivity contribution is 5.87. The van der Waals surface area contributed by atoms with Crippen molar-refractivity contribution in [2.45, 2.75) is 18.8 Å². The van der Waals surface area contributed by atoms with Crippen molar-refractivity contribution in [3.8, 4) is 0 Å². The first-order chi connectivity index (χ1) is 6.70. The number of nitrogens with one attached hydrogen (secondary N) is 1. The first-order valence-corrected chi connectivity index (χ1v) is 4.77. The molecule has 0 spiro atoms. The number of aliphatic carboxylic acids is 1. The Morgan fingerprint density at radius 1 is 1.57 bits per heavy atom. The molecule has 0 fully saturated rings. The number of hydrogen-bond donors (Lipinski definition) is 2. The number of fused-ring (bicyclic) bond motifs is 1. The highest BCUT2D eigenvalue weighted by atomic mass is 16.4. The number of hydrogen-bond acceptors (Lipinski definition) is 2. The predicted molar refractivity (Wildman–Crippen MR) is 54.5 cm³/mol. The fourth-order valence-corrected chi connectivity index (χ4v) is 2.05. The van der Waals surface area contributed by atoms with Crippen LogP contribution in [-0.4, -0.2) is 17.6 Å². The van der Waals surface area contributed by atoms with E-state index >= 15 is 0 Å². The highest BCUT2D eigenvalue weighted by Gasteiger charge is 2.43. The zero-order valence-corrected chi connectivity index (χ0v) is 8.08. The summed E-state index contributed by atoms with van der Waals surface area (Å²) < 4.78 is 0. The molecule has 1 atom stereocenters. The Hall–Kier alpha value is -1.51. The second kappa shape index (κ2) is 3.01. The van der Waals surface area contributed by atoms with Gasteiger partial charge in [-0.25, -0.2) is 0 Å². The predicted octanol–water partition coefficient (Wildman–Crippen LogP) is 1.84. The van der Waals surface area contributed by atoms with Crippen LogP contribution < -0.4 is 5.32 Å². The van der Waals surface area contributed by atoms with E-state index < -0.39 is 11.4 Å². The number of anilines is 1. The summed E-state index contributed by atoms with van der Waals surface area (Å²) in [5.41, 5.74) is 1.14. The Bertz CT molecular complexity index is 375. The van der Waals surface area contributed by atoms with E-state index in [1.54, 1.807) is 0 Å². The van der Waals surface area contributed by atoms with Gasteiger partial charge in [0.15, 0.2) is 0 Å². The minimum Gasteiger partial charge on any atom is -0.481 e. The minimum atomic E-state index is -0.738. The number of carboxylic acids is 1. The van der Waals surface area contributed by atoms with Gasteiger partial charge in [0.2, 0.25) is 0 Å². The summed E-state index contributed by atoms with van der Waals surface area (Å²) in [5, 5.41) is 12.4. The second-order valence-corrected chi connectivity index (χ2v) is 3.64. The molecule has 0 amide bonds. The van der Waals surface area contributed by atoms with Crippen LogP contribution in [-0.2, 0) is 10.2 Å². The van der Waals surface area contributed by atoms with Gasteiger partial charge in [0, 0.05) is 12.2 Å². The van der Waals surface area contributed by atoms with Gasteiger partial charge >= 0.3 is 5.97 Å². The van der Waals surface area contributed by atoms with Crippen molar-refractivity contribution >= 4 is 11.7 Å². The molecule has 1 aliphatic heterocycles. The third kappa shape index (κ3) is 1.02. The Morgan fingerprint density at radius 3 is 2.93 bits per heavy atom. The first-order valence-electron chi connectivity index (χ1n) is 4.77. The molecule has 0 saturated carbocycles. The number of benzene rings is 1. The highest BCUT2D eigenvalue weighted by Crippen LogP contribution is 2.39.